The number of aromatic nitrogens is 3. The molecule has 5 heteroatoms. The Kier molecular flexibility index (Phi) is 2.16. The molecule has 0 aromatic carbocycles. The molecule has 0 amide bonds. The summed E-state index contributed by atoms with van der Waals surface area (Å²) in [7, 11) is 1.89. The summed E-state index contributed by atoms with van der Waals surface area (Å²) < 4.78 is 1.80. The Labute approximate surface area is 94.1 Å². The van der Waals surface area contributed by atoms with Gasteiger partial charge in [0.25, 0.3) is 0 Å². The number of hydrogen-bond acceptors (Lipinski definition) is 4. The normalized spacial score (nSPS) is 15.9. The number of fused-ring (bicyclic) bond motifs is 1. The molecule has 1 saturated heterocycles. The Morgan fingerprint density at radius 1 is 1.31 bits per heavy atom. The van der Waals surface area contributed by atoms with Crippen LogP contribution in [0.25, 0.3) is 5.65 Å². The van der Waals surface area contributed by atoms with Crippen LogP contribution in [0, 0.1) is 0 Å². The minimum Gasteiger partial charge on any atom is -0.384 e. The van der Waals surface area contributed by atoms with Crippen LogP contribution in [0.1, 0.15) is 12.8 Å². The molecular weight excluding hydrogens is 202 g/mol. The molecule has 16 heavy (non-hydrogen) atoms. The Balaban J connectivity index is 2.06. The van der Waals surface area contributed by atoms with E-state index in [4.69, 9.17) is 0 Å². The fourth-order valence-electron chi connectivity index (χ4n) is 2.16. The average molecular weight is 217 g/mol. The molecule has 1 aliphatic heterocycles. The highest BCUT2D eigenvalue weighted by molar-refractivity contribution is 5.68. The molecule has 0 spiro atoms. The molecule has 5 nitrogen and oxygen atoms in total. The predicted molar refractivity (Wildman–Crippen MR) is 64.0 cm³/mol. The third kappa shape index (κ3) is 1.39. The zero-order chi connectivity index (χ0) is 11.0. The van der Waals surface area contributed by atoms with E-state index in [2.05, 4.69) is 20.3 Å². The van der Waals surface area contributed by atoms with Crippen molar-refractivity contribution in [3.05, 3.63) is 18.5 Å². The first-order chi connectivity index (χ1) is 7.88. The van der Waals surface area contributed by atoms with Crippen LogP contribution in [-0.4, -0.2) is 34.7 Å². The average Bonchev–Trinajstić information content (AvgIpc) is 2.97. The summed E-state index contributed by atoms with van der Waals surface area (Å²) in [6, 6.07) is 2.03. The summed E-state index contributed by atoms with van der Waals surface area (Å²) in [4.78, 5) is 6.98. The van der Waals surface area contributed by atoms with Crippen LogP contribution < -0.4 is 10.2 Å². The monoisotopic (exact) mass is 217 g/mol. The third-order valence-corrected chi connectivity index (χ3v) is 3.05. The first-order valence-electron chi connectivity index (χ1n) is 5.65. The van der Waals surface area contributed by atoms with Gasteiger partial charge in [-0.3, -0.25) is 0 Å². The smallest absolute Gasteiger partial charge is 0.180 e. The molecule has 2 aromatic heterocycles. The maximum atomic E-state index is 4.65. The van der Waals surface area contributed by atoms with E-state index in [0.29, 0.717) is 0 Å². The van der Waals surface area contributed by atoms with Crippen molar-refractivity contribution in [2.75, 3.05) is 30.4 Å². The van der Waals surface area contributed by atoms with Gasteiger partial charge in [0, 0.05) is 26.3 Å². The molecule has 0 radical (unpaired) electrons. The zero-order valence-corrected chi connectivity index (χ0v) is 9.35. The van der Waals surface area contributed by atoms with Crippen LogP contribution in [0.2, 0.25) is 0 Å². The van der Waals surface area contributed by atoms with Gasteiger partial charge < -0.3 is 10.2 Å². The van der Waals surface area contributed by atoms with Crippen molar-refractivity contribution < 1.29 is 0 Å². The van der Waals surface area contributed by atoms with E-state index in [1.165, 1.54) is 12.8 Å². The van der Waals surface area contributed by atoms with E-state index in [0.717, 1.165) is 30.2 Å². The Morgan fingerprint density at radius 3 is 2.88 bits per heavy atom. The maximum Gasteiger partial charge on any atom is 0.180 e. The summed E-state index contributed by atoms with van der Waals surface area (Å²) in [6.45, 7) is 2.23. The summed E-state index contributed by atoms with van der Waals surface area (Å²) in [5.41, 5.74) is 1.87. The lowest BCUT2D eigenvalue weighted by atomic mass is 10.4. The minimum absolute atomic E-state index is 0.895. The molecule has 0 aliphatic carbocycles. The SMILES string of the molecule is CNc1cnn2ccc(N3CCCC3)nc12. The molecule has 2 aromatic rings. The summed E-state index contributed by atoms with van der Waals surface area (Å²) in [5, 5.41) is 7.33. The van der Waals surface area contributed by atoms with Crippen LogP contribution in [0.4, 0.5) is 11.5 Å². The number of nitrogens with zero attached hydrogens (tertiary/aromatic N) is 4. The van der Waals surface area contributed by atoms with Gasteiger partial charge in [-0.1, -0.05) is 0 Å². The van der Waals surface area contributed by atoms with E-state index < -0.39 is 0 Å². The van der Waals surface area contributed by atoms with Gasteiger partial charge >= 0.3 is 0 Å². The van der Waals surface area contributed by atoms with Crippen LogP contribution in [0.5, 0.6) is 0 Å². The van der Waals surface area contributed by atoms with Gasteiger partial charge in [0.15, 0.2) is 5.65 Å². The van der Waals surface area contributed by atoms with Crippen LogP contribution in [-0.2, 0) is 0 Å². The number of hydrogen-bond donors (Lipinski definition) is 1. The van der Waals surface area contributed by atoms with Crippen LogP contribution in [0.3, 0.4) is 0 Å². The molecule has 3 heterocycles. The molecule has 0 saturated carbocycles. The van der Waals surface area contributed by atoms with Gasteiger partial charge in [0.1, 0.15) is 5.82 Å². The standard InChI is InChI=1S/C11H15N5/c1-12-9-8-13-16-7-4-10(14-11(9)16)15-5-2-3-6-15/h4,7-8,12H,2-3,5-6H2,1H3. The van der Waals surface area contributed by atoms with Crippen molar-refractivity contribution in [1.29, 1.82) is 0 Å². The molecule has 1 N–H and O–H groups in total. The Morgan fingerprint density at radius 2 is 2.12 bits per heavy atom. The molecule has 0 atom stereocenters. The molecule has 1 fully saturated rings. The van der Waals surface area contributed by atoms with Gasteiger partial charge in [-0.15, -0.1) is 0 Å². The molecule has 0 bridgehead atoms. The fourth-order valence-corrected chi connectivity index (χ4v) is 2.16. The fraction of sp³-hybridized carbons (Fsp3) is 0.455. The minimum atomic E-state index is 0.895. The molecular formula is C11H15N5. The highest BCUT2D eigenvalue weighted by Gasteiger charge is 2.14. The first-order valence-corrected chi connectivity index (χ1v) is 5.65. The van der Waals surface area contributed by atoms with Gasteiger partial charge in [0.2, 0.25) is 0 Å². The van der Waals surface area contributed by atoms with Crippen molar-refractivity contribution in [1.82, 2.24) is 14.6 Å². The van der Waals surface area contributed by atoms with E-state index in [1.54, 1.807) is 10.7 Å². The quantitative estimate of drug-likeness (QED) is 0.825. The van der Waals surface area contributed by atoms with E-state index >= 15 is 0 Å². The molecule has 84 valence electrons. The van der Waals surface area contributed by atoms with Gasteiger partial charge in [0.05, 0.1) is 11.9 Å². The van der Waals surface area contributed by atoms with Crippen LogP contribution >= 0.6 is 0 Å². The van der Waals surface area contributed by atoms with Crippen molar-refractivity contribution in [2.24, 2.45) is 0 Å². The molecule has 1 aliphatic rings. The van der Waals surface area contributed by atoms with E-state index in [9.17, 15) is 0 Å². The lowest BCUT2D eigenvalue weighted by Gasteiger charge is -2.16. The third-order valence-electron chi connectivity index (χ3n) is 3.05. The summed E-state index contributed by atoms with van der Waals surface area (Å²) in [5.74, 6) is 1.06. The zero-order valence-electron chi connectivity index (χ0n) is 9.35. The van der Waals surface area contributed by atoms with E-state index in [1.807, 2.05) is 19.3 Å². The highest BCUT2D eigenvalue weighted by Crippen LogP contribution is 2.21. The Hall–Kier alpha value is -1.78. The number of rotatable bonds is 2. The van der Waals surface area contributed by atoms with Crippen molar-refractivity contribution in [2.45, 2.75) is 12.8 Å². The number of anilines is 2. The maximum absolute atomic E-state index is 4.65. The first kappa shape index (κ1) is 9.45. The highest BCUT2D eigenvalue weighted by atomic mass is 15.3. The topological polar surface area (TPSA) is 45.5 Å². The van der Waals surface area contributed by atoms with Gasteiger partial charge in [-0.2, -0.15) is 5.10 Å². The van der Waals surface area contributed by atoms with Crippen LogP contribution in [0.15, 0.2) is 18.5 Å². The Bertz CT molecular complexity index is 498. The number of nitrogens with one attached hydrogen (secondary N) is 1. The lowest BCUT2D eigenvalue weighted by molar-refractivity contribution is 0.899. The van der Waals surface area contributed by atoms with Crippen molar-refractivity contribution in [3.63, 3.8) is 0 Å². The summed E-state index contributed by atoms with van der Waals surface area (Å²) >= 11 is 0. The van der Waals surface area contributed by atoms with Crippen molar-refractivity contribution in [3.8, 4) is 0 Å². The largest absolute Gasteiger partial charge is 0.384 e. The molecule has 3 rings (SSSR count). The second-order valence-electron chi connectivity index (χ2n) is 4.06. The second-order valence-corrected chi connectivity index (χ2v) is 4.06. The second kappa shape index (κ2) is 3.66. The van der Waals surface area contributed by atoms with E-state index in [-0.39, 0.29) is 0 Å². The summed E-state index contributed by atoms with van der Waals surface area (Å²) in [6.07, 6.45) is 6.31. The van der Waals surface area contributed by atoms with Crippen molar-refractivity contribution >= 4 is 17.2 Å². The predicted octanol–water partition coefficient (Wildman–Crippen LogP) is 1.37. The van der Waals surface area contributed by atoms with Gasteiger partial charge in [-0.05, 0) is 18.9 Å². The molecule has 0 unspecified atom stereocenters. The lowest BCUT2D eigenvalue weighted by Crippen LogP contribution is -2.19. The van der Waals surface area contributed by atoms with Gasteiger partial charge in [-0.25, -0.2) is 9.50 Å².